The molecule has 1 fully saturated rings. The molecule has 1 aliphatic rings. The predicted molar refractivity (Wildman–Crippen MR) is 69.9 cm³/mol. The molecule has 0 spiro atoms. The molecule has 0 atom stereocenters. The Labute approximate surface area is 114 Å². The van der Waals surface area contributed by atoms with E-state index in [1.165, 1.54) is 6.26 Å². The van der Waals surface area contributed by atoms with Crippen molar-refractivity contribution in [2.75, 3.05) is 0 Å². The summed E-state index contributed by atoms with van der Waals surface area (Å²) < 4.78 is 5.44. The summed E-state index contributed by atoms with van der Waals surface area (Å²) in [5, 5.41) is 12.3. The first-order valence-electron chi connectivity index (χ1n) is 6.14. The van der Waals surface area contributed by atoms with Crippen molar-refractivity contribution in [1.82, 2.24) is 5.32 Å². The van der Waals surface area contributed by atoms with Crippen LogP contribution in [-0.2, 0) is 0 Å². The summed E-state index contributed by atoms with van der Waals surface area (Å²) in [6, 6.07) is 3.89. The minimum absolute atomic E-state index is 0.251. The molecule has 96 valence electrons. The molecule has 1 N–H and O–H groups in total. The lowest BCUT2D eigenvalue weighted by molar-refractivity contribution is 0.0911. The van der Waals surface area contributed by atoms with E-state index in [9.17, 15) is 10.1 Å². The maximum absolute atomic E-state index is 12.1. The number of rotatable bonds is 2. The fourth-order valence-electron chi connectivity index (χ4n) is 2.34. The molecule has 1 saturated carbocycles. The van der Waals surface area contributed by atoms with E-state index in [1.807, 2.05) is 0 Å². The smallest absolute Gasteiger partial charge is 0.257 e. The Kier molecular flexibility index (Phi) is 4.07. The van der Waals surface area contributed by atoms with Crippen LogP contribution in [0, 0.1) is 11.3 Å². The van der Waals surface area contributed by atoms with Crippen molar-refractivity contribution < 1.29 is 9.21 Å². The molecule has 4 nitrogen and oxygen atoms in total. The Morgan fingerprint density at radius 1 is 1.39 bits per heavy atom. The fourth-order valence-corrected chi connectivity index (χ4v) is 2.76. The lowest BCUT2D eigenvalue weighted by atomic mass is 9.91. The van der Waals surface area contributed by atoms with Gasteiger partial charge in [0.25, 0.3) is 5.91 Å². The first kappa shape index (κ1) is 13.2. The van der Waals surface area contributed by atoms with Gasteiger partial charge in [-0.05, 0) is 34.8 Å². The number of halogens is 1. The maximum Gasteiger partial charge on any atom is 0.257 e. The highest BCUT2D eigenvalue weighted by molar-refractivity contribution is 9.10. The first-order valence-corrected chi connectivity index (χ1v) is 6.93. The zero-order valence-corrected chi connectivity index (χ0v) is 11.6. The molecular formula is C13H15BrN2O2. The molecule has 0 aromatic carbocycles. The molecule has 1 aromatic heterocycles. The molecule has 18 heavy (non-hydrogen) atoms. The van der Waals surface area contributed by atoms with E-state index in [2.05, 4.69) is 27.3 Å². The van der Waals surface area contributed by atoms with Gasteiger partial charge >= 0.3 is 0 Å². The third-order valence-electron chi connectivity index (χ3n) is 3.39. The molecule has 0 bridgehead atoms. The number of carbonyl (C=O) groups is 1. The van der Waals surface area contributed by atoms with Gasteiger partial charge in [-0.15, -0.1) is 0 Å². The van der Waals surface area contributed by atoms with Crippen molar-refractivity contribution >= 4 is 21.8 Å². The summed E-state index contributed by atoms with van der Waals surface area (Å²) in [6.07, 6.45) is 7.14. The van der Waals surface area contributed by atoms with Crippen LogP contribution in [0.2, 0.25) is 0 Å². The van der Waals surface area contributed by atoms with Crippen molar-refractivity contribution in [2.45, 2.75) is 44.1 Å². The minimum Gasteiger partial charge on any atom is -0.457 e. The average Bonchev–Trinajstić information content (AvgIpc) is 2.66. The van der Waals surface area contributed by atoms with Gasteiger partial charge in [0, 0.05) is 0 Å². The molecule has 1 heterocycles. The van der Waals surface area contributed by atoms with Crippen LogP contribution in [0.4, 0.5) is 0 Å². The lowest BCUT2D eigenvalue weighted by Gasteiger charge is -2.26. The molecule has 0 aliphatic heterocycles. The normalized spacial score (nSPS) is 18.7. The third-order valence-corrected chi connectivity index (χ3v) is 4.00. The van der Waals surface area contributed by atoms with E-state index < -0.39 is 5.54 Å². The zero-order valence-electron chi connectivity index (χ0n) is 10.0. The van der Waals surface area contributed by atoms with Gasteiger partial charge in [-0.1, -0.05) is 25.7 Å². The first-order chi connectivity index (χ1) is 8.67. The van der Waals surface area contributed by atoms with Crippen LogP contribution in [-0.4, -0.2) is 11.4 Å². The summed E-state index contributed by atoms with van der Waals surface area (Å²) in [5.41, 5.74) is -0.279. The van der Waals surface area contributed by atoms with Crippen LogP contribution in [0.25, 0.3) is 0 Å². The number of amides is 1. The van der Waals surface area contributed by atoms with Gasteiger partial charge in [0.2, 0.25) is 0 Å². The van der Waals surface area contributed by atoms with Crippen LogP contribution in [0.3, 0.4) is 0 Å². The molecule has 2 rings (SSSR count). The monoisotopic (exact) mass is 310 g/mol. The second-order valence-electron chi connectivity index (χ2n) is 4.67. The number of nitrogens with zero attached hydrogens (tertiary/aromatic N) is 1. The number of furan rings is 1. The second kappa shape index (κ2) is 5.57. The number of carbonyl (C=O) groups excluding carboxylic acids is 1. The van der Waals surface area contributed by atoms with Gasteiger partial charge in [0.15, 0.2) is 4.67 Å². The van der Waals surface area contributed by atoms with Gasteiger partial charge < -0.3 is 9.73 Å². The van der Waals surface area contributed by atoms with Crippen molar-refractivity contribution in [2.24, 2.45) is 0 Å². The minimum atomic E-state index is -0.718. The Bertz CT molecular complexity index is 468. The van der Waals surface area contributed by atoms with Crippen LogP contribution >= 0.6 is 15.9 Å². The number of hydrogen-bond acceptors (Lipinski definition) is 3. The summed E-state index contributed by atoms with van der Waals surface area (Å²) in [6.45, 7) is 0. The molecule has 1 aliphatic carbocycles. The van der Waals surface area contributed by atoms with E-state index in [1.54, 1.807) is 6.07 Å². The summed E-state index contributed by atoms with van der Waals surface area (Å²) in [7, 11) is 0. The van der Waals surface area contributed by atoms with Crippen molar-refractivity contribution in [3.8, 4) is 6.07 Å². The van der Waals surface area contributed by atoms with E-state index in [4.69, 9.17) is 4.42 Å². The number of nitriles is 1. The van der Waals surface area contributed by atoms with Crippen molar-refractivity contribution in [3.63, 3.8) is 0 Å². The maximum atomic E-state index is 12.1. The topological polar surface area (TPSA) is 66.0 Å². The highest BCUT2D eigenvalue weighted by Gasteiger charge is 2.33. The molecule has 1 amide bonds. The van der Waals surface area contributed by atoms with Gasteiger partial charge in [0.1, 0.15) is 5.54 Å². The van der Waals surface area contributed by atoms with Gasteiger partial charge in [-0.3, -0.25) is 4.79 Å². The summed E-state index contributed by atoms with van der Waals surface area (Å²) in [5.74, 6) is -0.251. The molecule has 0 saturated heterocycles. The quantitative estimate of drug-likeness (QED) is 0.851. The molecule has 1 aromatic rings. The molecule has 5 heteroatoms. The molecule has 0 radical (unpaired) electrons. The Morgan fingerprint density at radius 2 is 2.06 bits per heavy atom. The van der Waals surface area contributed by atoms with Crippen molar-refractivity contribution in [3.05, 3.63) is 22.6 Å². The van der Waals surface area contributed by atoms with E-state index in [0.717, 1.165) is 38.5 Å². The van der Waals surface area contributed by atoms with Crippen LogP contribution in [0.15, 0.2) is 21.4 Å². The Hall–Kier alpha value is -1.28. The zero-order chi connectivity index (χ0) is 13.0. The molecular weight excluding hydrogens is 296 g/mol. The summed E-state index contributed by atoms with van der Waals surface area (Å²) >= 11 is 3.18. The second-order valence-corrected chi connectivity index (χ2v) is 5.39. The van der Waals surface area contributed by atoms with Crippen LogP contribution in [0.1, 0.15) is 48.9 Å². The Balaban J connectivity index is 2.13. The average molecular weight is 311 g/mol. The lowest BCUT2D eigenvalue weighted by Crippen LogP contribution is -2.47. The predicted octanol–water partition coefficient (Wildman–Crippen LogP) is 3.39. The number of hydrogen-bond donors (Lipinski definition) is 1. The largest absolute Gasteiger partial charge is 0.457 e. The molecule has 0 unspecified atom stereocenters. The van der Waals surface area contributed by atoms with Crippen LogP contribution < -0.4 is 5.32 Å². The van der Waals surface area contributed by atoms with Crippen LogP contribution in [0.5, 0.6) is 0 Å². The summed E-state index contributed by atoms with van der Waals surface area (Å²) in [4.78, 5) is 12.1. The highest BCUT2D eigenvalue weighted by Crippen LogP contribution is 2.27. The van der Waals surface area contributed by atoms with Gasteiger partial charge in [0.05, 0.1) is 17.9 Å². The third kappa shape index (κ3) is 2.75. The SMILES string of the molecule is N#CC1(NC(=O)c2ccoc2Br)CCCCCC1. The van der Waals surface area contributed by atoms with E-state index in [0.29, 0.717) is 10.2 Å². The van der Waals surface area contributed by atoms with E-state index in [-0.39, 0.29) is 5.91 Å². The fraction of sp³-hybridized carbons (Fsp3) is 0.538. The van der Waals surface area contributed by atoms with Gasteiger partial charge in [-0.2, -0.15) is 5.26 Å². The number of nitrogens with one attached hydrogen (secondary N) is 1. The van der Waals surface area contributed by atoms with Crippen molar-refractivity contribution in [1.29, 1.82) is 5.26 Å². The standard InChI is InChI=1S/C13H15BrN2O2/c14-11-10(5-8-18-11)12(17)16-13(9-15)6-3-1-2-4-7-13/h5,8H,1-4,6-7H2,(H,16,17). The van der Waals surface area contributed by atoms with Gasteiger partial charge in [-0.25, -0.2) is 0 Å². The van der Waals surface area contributed by atoms with E-state index >= 15 is 0 Å². The highest BCUT2D eigenvalue weighted by atomic mass is 79.9. The Morgan fingerprint density at radius 3 is 2.56 bits per heavy atom.